The summed E-state index contributed by atoms with van der Waals surface area (Å²) in [6, 6.07) is 14.2. The van der Waals surface area contributed by atoms with E-state index < -0.39 is 0 Å². The van der Waals surface area contributed by atoms with Gasteiger partial charge in [0.15, 0.2) is 5.11 Å². The summed E-state index contributed by atoms with van der Waals surface area (Å²) >= 11 is 11.6. The number of pyridine rings is 1. The Morgan fingerprint density at radius 1 is 1.12 bits per heavy atom. The molecule has 2 aromatic rings. The minimum atomic E-state index is 0.120. The maximum absolute atomic E-state index is 6.07. The number of anilines is 1. The van der Waals surface area contributed by atoms with Crippen LogP contribution in [0.2, 0.25) is 5.02 Å². The van der Waals surface area contributed by atoms with Crippen molar-refractivity contribution in [2.75, 3.05) is 11.9 Å². The van der Waals surface area contributed by atoms with Gasteiger partial charge in [-0.3, -0.25) is 0 Å². The van der Waals surface area contributed by atoms with Crippen molar-refractivity contribution in [1.29, 1.82) is 0 Å². The predicted molar refractivity (Wildman–Crippen MR) is 109 cm³/mol. The predicted octanol–water partition coefficient (Wildman–Crippen LogP) is 5.23. The number of nitrogens with one attached hydrogen (secondary N) is 2. The first kappa shape index (κ1) is 18.2. The number of hydrogen-bond donors (Lipinski definition) is 2. The van der Waals surface area contributed by atoms with Crippen molar-refractivity contribution in [3.05, 3.63) is 58.7 Å². The maximum Gasteiger partial charge on any atom is 0.171 e. The van der Waals surface area contributed by atoms with Gasteiger partial charge in [-0.1, -0.05) is 49.1 Å². The van der Waals surface area contributed by atoms with Crippen LogP contribution in [-0.4, -0.2) is 16.6 Å². The van der Waals surface area contributed by atoms with Crippen molar-refractivity contribution < 1.29 is 0 Å². The standard InChI is InChI=1S/C20H24ClN3S/c1-15-6-5-7-18(23-15)24-19(25)22-14-20(12-3-2-4-13-20)16-8-10-17(21)11-9-16/h5-11H,2-4,12-14H2,1H3,(H2,22,23,24,25). The summed E-state index contributed by atoms with van der Waals surface area (Å²) in [6.45, 7) is 2.80. The summed E-state index contributed by atoms with van der Waals surface area (Å²) in [6.07, 6.45) is 6.17. The topological polar surface area (TPSA) is 37.0 Å². The number of aromatic nitrogens is 1. The van der Waals surface area contributed by atoms with Gasteiger partial charge >= 0.3 is 0 Å². The Balaban J connectivity index is 1.68. The molecule has 0 saturated heterocycles. The fourth-order valence-corrected chi connectivity index (χ4v) is 3.92. The molecule has 0 radical (unpaired) electrons. The van der Waals surface area contributed by atoms with Crippen LogP contribution in [0.1, 0.15) is 43.4 Å². The SMILES string of the molecule is Cc1cccc(NC(=S)NCC2(c3ccc(Cl)cc3)CCCCC2)n1. The molecular weight excluding hydrogens is 350 g/mol. The van der Waals surface area contributed by atoms with E-state index in [-0.39, 0.29) is 5.41 Å². The molecule has 1 aliphatic carbocycles. The third-order valence-corrected chi connectivity index (χ3v) is 5.48. The normalized spacial score (nSPS) is 16.2. The van der Waals surface area contributed by atoms with E-state index in [4.69, 9.17) is 23.8 Å². The molecule has 0 aliphatic heterocycles. The van der Waals surface area contributed by atoms with Crippen LogP contribution in [-0.2, 0) is 5.41 Å². The average Bonchev–Trinajstić information content (AvgIpc) is 2.61. The molecule has 132 valence electrons. The third-order valence-electron chi connectivity index (χ3n) is 4.98. The zero-order chi connectivity index (χ0) is 17.7. The number of nitrogens with zero attached hydrogens (tertiary/aromatic N) is 1. The van der Waals surface area contributed by atoms with Crippen molar-refractivity contribution in [2.45, 2.75) is 44.4 Å². The number of hydrogen-bond acceptors (Lipinski definition) is 2. The Morgan fingerprint density at radius 2 is 1.84 bits per heavy atom. The molecule has 5 heteroatoms. The number of thiocarbonyl (C=S) groups is 1. The van der Waals surface area contributed by atoms with Gasteiger partial charge in [-0.2, -0.15) is 0 Å². The second-order valence-corrected chi connectivity index (χ2v) is 7.66. The lowest BCUT2D eigenvalue weighted by molar-refractivity contribution is 0.292. The summed E-state index contributed by atoms with van der Waals surface area (Å²) in [5.74, 6) is 0.779. The van der Waals surface area contributed by atoms with Gasteiger partial charge in [-0.25, -0.2) is 4.98 Å². The van der Waals surface area contributed by atoms with Crippen molar-refractivity contribution in [2.24, 2.45) is 0 Å². The fraction of sp³-hybridized carbons (Fsp3) is 0.400. The van der Waals surface area contributed by atoms with Crippen LogP contribution in [0.15, 0.2) is 42.5 Å². The minimum Gasteiger partial charge on any atom is -0.362 e. The molecule has 0 amide bonds. The summed E-state index contributed by atoms with van der Waals surface area (Å²) < 4.78 is 0. The minimum absolute atomic E-state index is 0.120. The molecule has 3 rings (SSSR count). The van der Waals surface area contributed by atoms with E-state index in [0.717, 1.165) is 23.1 Å². The molecule has 1 aromatic carbocycles. The Labute approximate surface area is 160 Å². The first-order valence-electron chi connectivity index (χ1n) is 8.82. The van der Waals surface area contributed by atoms with Crippen LogP contribution < -0.4 is 10.6 Å². The van der Waals surface area contributed by atoms with Crippen LogP contribution in [0.25, 0.3) is 0 Å². The third kappa shape index (κ3) is 4.71. The molecule has 1 heterocycles. The quantitative estimate of drug-likeness (QED) is 0.719. The molecular formula is C20H24ClN3S. The molecule has 2 N–H and O–H groups in total. The monoisotopic (exact) mass is 373 g/mol. The highest BCUT2D eigenvalue weighted by Gasteiger charge is 2.33. The van der Waals surface area contributed by atoms with Crippen molar-refractivity contribution in [3.63, 3.8) is 0 Å². The van der Waals surface area contributed by atoms with Gasteiger partial charge in [-0.05, 0) is 61.8 Å². The number of aryl methyl sites for hydroxylation is 1. The average molecular weight is 374 g/mol. The Bertz CT molecular complexity index is 724. The van der Waals surface area contributed by atoms with Crippen LogP contribution >= 0.6 is 23.8 Å². The fourth-order valence-electron chi connectivity index (χ4n) is 3.62. The molecule has 0 spiro atoms. The lowest BCUT2D eigenvalue weighted by atomic mass is 9.69. The number of benzene rings is 1. The lowest BCUT2D eigenvalue weighted by Gasteiger charge is -2.38. The highest BCUT2D eigenvalue weighted by molar-refractivity contribution is 7.80. The van der Waals surface area contributed by atoms with Crippen molar-refractivity contribution in [1.82, 2.24) is 10.3 Å². The zero-order valence-corrected chi connectivity index (χ0v) is 16.1. The summed E-state index contributed by atoms with van der Waals surface area (Å²) in [5, 5.41) is 8.01. The van der Waals surface area contributed by atoms with Gasteiger partial charge in [0.2, 0.25) is 0 Å². The highest BCUT2D eigenvalue weighted by Crippen LogP contribution is 2.39. The highest BCUT2D eigenvalue weighted by atomic mass is 35.5. The van der Waals surface area contributed by atoms with E-state index in [1.165, 1.54) is 37.7 Å². The second kappa shape index (κ2) is 8.15. The van der Waals surface area contributed by atoms with E-state index in [9.17, 15) is 0 Å². The first-order valence-corrected chi connectivity index (χ1v) is 9.61. The van der Waals surface area contributed by atoms with Crippen LogP contribution in [0.4, 0.5) is 5.82 Å². The molecule has 3 nitrogen and oxygen atoms in total. The maximum atomic E-state index is 6.07. The molecule has 0 atom stereocenters. The van der Waals surface area contributed by atoms with Crippen LogP contribution in [0, 0.1) is 6.92 Å². The van der Waals surface area contributed by atoms with E-state index in [1.807, 2.05) is 37.3 Å². The second-order valence-electron chi connectivity index (χ2n) is 6.82. The molecule has 1 fully saturated rings. The van der Waals surface area contributed by atoms with Crippen molar-refractivity contribution in [3.8, 4) is 0 Å². The van der Waals surface area contributed by atoms with Crippen LogP contribution in [0.3, 0.4) is 0 Å². The van der Waals surface area contributed by atoms with Gasteiger partial charge in [0, 0.05) is 22.7 Å². The van der Waals surface area contributed by atoms with Crippen molar-refractivity contribution >= 4 is 34.7 Å². The molecule has 1 aliphatic rings. The zero-order valence-electron chi connectivity index (χ0n) is 14.5. The van der Waals surface area contributed by atoms with Gasteiger partial charge in [0.05, 0.1) is 0 Å². The Hall–Kier alpha value is -1.65. The Kier molecular flexibility index (Phi) is 5.92. The van der Waals surface area contributed by atoms with Crippen LogP contribution in [0.5, 0.6) is 0 Å². The molecule has 0 unspecified atom stereocenters. The molecule has 1 aromatic heterocycles. The molecule has 1 saturated carbocycles. The summed E-state index contributed by atoms with van der Waals surface area (Å²) in [5.41, 5.74) is 2.44. The number of rotatable bonds is 4. The van der Waals surface area contributed by atoms with Gasteiger partial charge < -0.3 is 10.6 Å². The first-order chi connectivity index (χ1) is 12.1. The molecule has 25 heavy (non-hydrogen) atoms. The lowest BCUT2D eigenvalue weighted by Crippen LogP contribution is -2.43. The summed E-state index contributed by atoms with van der Waals surface area (Å²) in [7, 11) is 0. The van der Waals surface area contributed by atoms with Gasteiger partial charge in [0.1, 0.15) is 5.82 Å². The number of halogens is 1. The smallest absolute Gasteiger partial charge is 0.171 e. The van der Waals surface area contributed by atoms with E-state index in [0.29, 0.717) is 5.11 Å². The molecule has 0 bridgehead atoms. The van der Waals surface area contributed by atoms with E-state index in [1.54, 1.807) is 0 Å². The van der Waals surface area contributed by atoms with E-state index >= 15 is 0 Å². The van der Waals surface area contributed by atoms with Gasteiger partial charge in [-0.15, -0.1) is 0 Å². The largest absolute Gasteiger partial charge is 0.362 e. The van der Waals surface area contributed by atoms with E-state index in [2.05, 4.69) is 27.8 Å². The summed E-state index contributed by atoms with van der Waals surface area (Å²) in [4.78, 5) is 4.44. The van der Waals surface area contributed by atoms with Gasteiger partial charge in [0.25, 0.3) is 0 Å². The Morgan fingerprint density at radius 3 is 2.52 bits per heavy atom.